The summed E-state index contributed by atoms with van der Waals surface area (Å²) >= 11 is 6.10. The molecule has 1 N–H and O–H groups in total. The van der Waals surface area contributed by atoms with E-state index in [9.17, 15) is 4.79 Å². The molecule has 20 heavy (non-hydrogen) atoms. The van der Waals surface area contributed by atoms with E-state index in [0.717, 1.165) is 23.4 Å². The van der Waals surface area contributed by atoms with E-state index in [1.165, 1.54) is 19.3 Å². The third-order valence-corrected chi connectivity index (χ3v) is 4.07. The summed E-state index contributed by atoms with van der Waals surface area (Å²) in [4.78, 5) is 11.8. The highest BCUT2D eigenvalue weighted by molar-refractivity contribution is 6.31. The molecule has 0 radical (unpaired) electrons. The van der Waals surface area contributed by atoms with Crippen molar-refractivity contribution in [2.24, 2.45) is 0 Å². The Morgan fingerprint density at radius 3 is 2.75 bits per heavy atom. The van der Waals surface area contributed by atoms with E-state index >= 15 is 0 Å². The average molecular weight is 296 g/mol. The minimum atomic E-state index is -0.309. The van der Waals surface area contributed by atoms with Crippen molar-refractivity contribution >= 4 is 17.7 Å². The Bertz CT molecular complexity index is 444. The van der Waals surface area contributed by atoms with Gasteiger partial charge >= 0.3 is 6.09 Å². The van der Waals surface area contributed by atoms with E-state index in [2.05, 4.69) is 5.32 Å². The highest BCUT2D eigenvalue weighted by atomic mass is 35.5. The molecule has 0 saturated heterocycles. The second kappa shape index (κ2) is 7.53. The maximum absolute atomic E-state index is 11.8. The van der Waals surface area contributed by atoms with Crippen molar-refractivity contribution in [3.63, 3.8) is 0 Å². The van der Waals surface area contributed by atoms with E-state index < -0.39 is 0 Å². The van der Waals surface area contributed by atoms with E-state index in [-0.39, 0.29) is 18.2 Å². The Hall–Kier alpha value is -1.22. The summed E-state index contributed by atoms with van der Waals surface area (Å²) in [6, 6.07) is 7.93. The summed E-state index contributed by atoms with van der Waals surface area (Å²) in [6.45, 7) is 1.89. The lowest BCUT2D eigenvalue weighted by Crippen LogP contribution is -2.38. The number of rotatable bonds is 4. The number of nitrogens with one attached hydrogen (secondary N) is 1. The van der Waals surface area contributed by atoms with Gasteiger partial charge in [-0.1, -0.05) is 49.1 Å². The average Bonchev–Trinajstić information content (AvgIpc) is 2.42. The van der Waals surface area contributed by atoms with Gasteiger partial charge in [-0.05, 0) is 31.4 Å². The van der Waals surface area contributed by atoms with Gasteiger partial charge in [-0.25, -0.2) is 4.79 Å². The lowest BCUT2D eigenvalue weighted by molar-refractivity contribution is 0.102. The van der Waals surface area contributed by atoms with Crippen LogP contribution in [0.25, 0.3) is 0 Å². The molecule has 1 aliphatic carbocycles. The summed E-state index contributed by atoms with van der Waals surface area (Å²) in [6.07, 6.45) is 5.94. The number of alkyl carbamates (subject to hydrolysis) is 1. The Kier molecular flexibility index (Phi) is 5.72. The van der Waals surface area contributed by atoms with Gasteiger partial charge in [0.05, 0.1) is 0 Å². The number of halogens is 1. The molecule has 1 amide bonds. The summed E-state index contributed by atoms with van der Waals surface area (Å²) in [7, 11) is 0. The fourth-order valence-electron chi connectivity index (χ4n) is 2.65. The van der Waals surface area contributed by atoms with Gasteiger partial charge in [0.2, 0.25) is 0 Å². The molecule has 0 aromatic heterocycles. The molecule has 0 spiro atoms. The third-order valence-electron chi connectivity index (χ3n) is 3.70. The highest BCUT2D eigenvalue weighted by Crippen LogP contribution is 2.19. The number of hydrogen-bond donors (Lipinski definition) is 1. The van der Waals surface area contributed by atoms with Crippen LogP contribution in [-0.4, -0.2) is 18.2 Å². The molecule has 1 aromatic rings. The number of benzene rings is 1. The summed E-state index contributed by atoms with van der Waals surface area (Å²) in [5.74, 6) is 0. The lowest BCUT2D eigenvalue weighted by Gasteiger charge is -2.23. The second-order valence-electron chi connectivity index (χ2n) is 5.49. The largest absolute Gasteiger partial charge is 0.446 e. The minimum Gasteiger partial charge on any atom is -0.446 e. The molecule has 1 fully saturated rings. The summed E-state index contributed by atoms with van der Waals surface area (Å²) in [5, 5.41) is 3.67. The summed E-state index contributed by atoms with van der Waals surface area (Å²) < 4.78 is 5.40. The van der Waals surface area contributed by atoms with Crippen molar-refractivity contribution in [3.8, 4) is 0 Å². The first-order valence-corrected chi connectivity index (χ1v) is 7.73. The van der Waals surface area contributed by atoms with E-state index in [1.54, 1.807) is 0 Å². The number of ether oxygens (including phenoxy) is 1. The molecule has 4 heteroatoms. The van der Waals surface area contributed by atoms with E-state index in [1.807, 2.05) is 31.2 Å². The predicted molar refractivity (Wildman–Crippen MR) is 81.1 cm³/mol. The monoisotopic (exact) mass is 295 g/mol. The minimum absolute atomic E-state index is 0.182. The zero-order valence-electron chi connectivity index (χ0n) is 11.9. The molecule has 1 atom stereocenters. The van der Waals surface area contributed by atoms with Crippen molar-refractivity contribution in [2.45, 2.75) is 57.6 Å². The van der Waals surface area contributed by atoms with E-state index in [0.29, 0.717) is 6.42 Å². The van der Waals surface area contributed by atoms with Gasteiger partial charge in [-0.2, -0.15) is 0 Å². The smallest absolute Gasteiger partial charge is 0.407 e. The number of hydrogen-bond acceptors (Lipinski definition) is 2. The fourth-order valence-corrected chi connectivity index (χ4v) is 2.86. The van der Waals surface area contributed by atoms with Crippen LogP contribution in [0.2, 0.25) is 5.02 Å². The first-order chi connectivity index (χ1) is 9.65. The second-order valence-corrected chi connectivity index (χ2v) is 5.90. The van der Waals surface area contributed by atoms with Crippen LogP contribution in [0.1, 0.15) is 44.6 Å². The number of amides is 1. The molecule has 0 bridgehead atoms. The molecule has 110 valence electrons. The molecular weight excluding hydrogens is 274 g/mol. The molecule has 0 aliphatic heterocycles. The molecule has 1 aromatic carbocycles. The van der Waals surface area contributed by atoms with Gasteiger partial charge in [0.1, 0.15) is 6.10 Å². The van der Waals surface area contributed by atoms with Crippen LogP contribution in [0.15, 0.2) is 24.3 Å². The van der Waals surface area contributed by atoms with Crippen molar-refractivity contribution in [1.29, 1.82) is 0 Å². The van der Waals surface area contributed by atoms with Crippen LogP contribution >= 0.6 is 11.6 Å². The molecular formula is C16H22ClNO2. The van der Waals surface area contributed by atoms with E-state index in [4.69, 9.17) is 16.3 Å². The first kappa shape index (κ1) is 15.2. The van der Waals surface area contributed by atoms with Gasteiger partial charge in [0, 0.05) is 17.5 Å². The van der Waals surface area contributed by atoms with Crippen LogP contribution in [0.4, 0.5) is 4.79 Å². The zero-order chi connectivity index (χ0) is 14.4. The molecule has 3 nitrogen and oxygen atoms in total. The van der Waals surface area contributed by atoms with Crippen molar-refractivity contribution in [2.75, 3.05) is 0 Å². The standard InChI is InChI=1S/C16H22ClNO2/c1-12(11-13-7-5-6-10-15(13)17)20-16(19)18-14-8-3-2-4-9-14/h5-7,10,12,14H,2-4,8-9,11H2,1H3,(H,18,19)/t12-/m0/s1. The maximum Gasteiger partial charge on any atom is 0.407 e. The molecule has 1 aliphatic rings. The van der Waals surface area contributed by atoms with Crippen molar-refractivity contribution < 1.29 is 9.53 Å². The predicted octanol–water partition coefficient (Wildman–Crippen LogP) is 4.33. The van der Waals surface area contributed by atoms with Gasteiger partial charge < -0.3 is 10.1 Å². The molecule has 0 unspecified atom stereocenters. The number of carbonyl (C=O) groups is 1. The highest BCUT2D eigenvalue weighted by Gasteiger charge is 2.18. The van der Waals surface area contributed by atoms with Crippen molar-refractivity contribution in [3.05, 3.63) is 34.9 Å². The normalized spacial score (nSPS) is 17.5. The summed E-state index contributed by atoms with van der Waals surface area (Å²) in [5.41, 5.74) is 1.01. The van der Waals surface area contributed by atoms with Crippen LogP contribution in [0, 0.1) is 0 Å². The van der Waals surface area contributed by atoms with Gasteiger partial charge in [-0.15, -0.1) is 0 Å². The van der Waals surface area contributed by atoms with Crippen LogP contribution < -0.4 is 5.32 Å². The SMILES string of the molecule is C[C@@H](Cc1ccccc1Cl)OC(=O)NC1CCCCC1. The Balaban J connectivity index is 1.77. The lowest BCUT2D eigenvalue weighted by atomic mass is 9.96. The van der Waals surface area contributed by atoms with Gasteiger partial charge in [0.15, 0.2) is 0 Å². The van der Waals surface area contributed by atoms with Crippen molar-refractivity contribution in [1.82, 2.24) is 5.32 Å². The van der Waals surface area contributed by atoms with Crippen LogP contribution in [-0.2, 0) is 11.2 Å². The maximum atomic E-state index is 11.8. The van der Waals surface area contributed by atoms with Gasteiger partial charge in [-0.3, -0.25) is 0 Å². The van der Waals surface area contributed by atoms with Crippen LogP contribution in [0.5, 0.6) is 0 Å². The van der Waals surface area contributed by atoms with Crippen LogP contribution in [0.3, 0.4) is 0 Å². The Morgan fingerprint density at radius 2 is 2.05 bits per heavy atom. The quantitative estimate of drug-likeness (QED) is 0.898. The number of carbonyl (C=O) groups excluding carboxylic acids is 1. The topological polar surface area (TPSA) is 38.3 Å². The first-order valence-electron chi connectivity index (χ1n) is 7.35. The fraction of sp³-hybridized carbons (Fsp3) is 0.562. The Labute approximate surface area is 125 Å². The van der Waals surface area contributed by atoms with Gasteiger partial charge in [0.25, 0.3) is 0 Å². The Morgan fingerprint density at radius 1 is 1.35 bits per heavy atom. The molecule has 0 heterocycles. The molecule has 2 rings (SSSR count). The third kappa shape index (κ3) is 4.71. The molecule has 1 saturated carbocycles. The zero-order valence-corrected chi connectivity index (χ0v) is 12.7.